The molecule has 5 rings (SSSR count). The zero-order valence-corrected chi connectivity index (χ0v) is 17.4. The smallest absolute Gasteiger partial charge is 0.110 e. The first-order chi connectivity index (χ1) is 14.2. The summed E-state index contributed by atoms with van der Waals surface area (Å²) in [5.74, 6) is 1.16. The van der Waals surface area contributed by atoms with Crippen LogP contribution in [0.1, 0.15) is 5.82 Å². The lowest BCUT2D eigenvalue weighted by molar-refractivity contribution is 0.259. The summed E-state index contributed by atoms with van der Waals surface area (Å²) in [6.07, 6.45) is 0.969. The number of fused-ring (bicyclic) bond motifs is 3. The lowest BCUT2D eigenvalue weighted by Gasteiger charge is -2.36. The summed E-state index contributed by atoms with van der Waals surface area (Å²) >= 11 is 6.15. The molecule has 0 bridgehead atoms. The van der Waals surface area contributed by atoms with Crippen LogP contribution in [0.25, 0.3) is 21.8 Å². The summed E-state index contributed by atoms with van der Waals surface area (Å²) in [6, 6.07) is 21.0. The monoisotopic (exact) mass is 404 g/mol. The van der Waals surface area contributed by atoms with Gasteiger partial charge in [-0.2, -0.15) is 0 Å². The fourth-order valence-corrected chi connectivity index (χ4v) is 4.60. The van der Waals surface area contributed by atoms with Crippen LogP contribution >= 0.6 is 11.6 Å². The zero-order chi connectivity index (χ0) is 19.8. The summed E-state index contributed by atoms with van der Waals surface area (Å²) in [7, 11) is 2.15. The van der Waals surface area contributed by atoms with Crippen LogP contribution < -0.4 is 4.90 Å². The Morgan fingerprint density at radius 1 is 0.931 bits per heavy atom. The number of imidazole rings is 1. The maximum Gasteiger partial charge on any atom is 0.110 e. The highest BCUT2D eigenvalue weighted by molar-refractivity contribution is 6.30. The Labute approximate surface area is 176 Å². The molecule has 1 aliphatic rings. The molecule has 0 unspecified atom stereocenters. The van der Waals surface area contributed by atoms with Gasteiger partial charge in [-0.05, 0) is 29.7 Å². The molecule has 4 aromatic rings. The van der Waals surface area contributed by atoms with Crippen LogP contribution in [0, 0.1) is 0 Å². The van der Waals surface area contributed by atoms with E-state index in [9.17, 15) is 0 Å². The van der Waals surface area contributed by atoms with Crippen molar-refractivity contribution < 1.29 is 0 Å². The summed E-state index contributed by atoms with van der Waals surface area (Å²) in [5, 5.41) is 3.35. The van der Waals surface area contributed by atoms with Gasteiger partial charge >= 0.3 is 0 Å². The Morgan fingerprint density at radius 3 is 2.59 bits per heavy atom. The lowest BCUT2D eigenvalue weighted by atomic mass is 10.1. The number of hydrogen-bond donors (Lipinski definition) is 0. The van der Waals surface area contributed by atoms with E-state index < -0.39 is 0 Å². The third-order valence-electron chi connectivity index (χ3n) is 6.05. The Balaban J connectivity index is 1.27. The topological polar surface area (TPSA) is 24.3 Å². The quantitative estimate of drug-likeness (QED) is 0.490. The highest BCUT2D eigenvalue weighted by Gasteiger charge is 2.18. The van der Waals surface area contributed by atoms with E-state index in [0.29, 0.717) is 0 Å². The van der Waals surface area contributed by atoms with Gasteiger partial charge < -0.3 is 9.47 Å². The largest absolute Gasteiger partial charge is 0.369 e. The molecule has 0 saturated carbocycles. The summed E-state index contributed by atoms with van der Waals surface area (Å²) in [4.78, 5) is 9.89. The molecule has 0 atom stereocenters. The van der Waals surface area contributed by atoms with Crippen molar-refractivity contribution in [1.29, 1.82) is 0 Å². The Morgan fingerprint density at radius 2 is 1.76 bits per heavy atom. The molecule has 1 aromatic heterocycles. The number of halogens is 1. The first kappa shape index (κ1) is 18.5. The van der Waals surface area contributed by atoms with Crippen LogP contribution in [0.15, 0.2) is 60.7 Å². The molecular formula is C24H25ClN4. The number of anilines is 1. The molecule has 5 heteroatoms. The normalized spacial score (nSPS) is 15.4. The van der Waals surface area contributed by atoms with Crippen molar-refractivity contribution in [2.45, 2.75) is 6.42 Å². The van der Waals surface area contributed by atoms with Crippen molar-refractivity contribution in [2.75, 3.05) is 37.6 Å². The van der Waals surface area contributed by atoms with Crippen LogP contribution in [-0.4, -0.2) is 47.2 Å². The molecule has 0 aliphatic carbocycles. The number of hydrogen-bond acceptors (Lipinski definition) is 3. The summed E-state index contributed by atoms with van der Waals surface area (Å²) in [5.41, 5.74) is 3.55. The SMILES string of the molecule is Cn1c(CCN2CCN(c3cccc(Cl)c3)CC2)nc2ccc3ccccc3c21. The van der Waals surface area contributed by atoms with Crippen LogP contribution in [0.5, 0.6) is 0 Å². The van der Waals surface area contributed by atoms with Crippen molar-refractivity contribution in [3.05, 3.63) is 71.5 Å². The molecular weight excluding hydrogens is 380 g/mol. The van der Waals surface area contributed by atoms with Crippen LogP contribution in [0.2, 0.25) is 5.02 Å². The van der Waals surface area contributed by atoms with Gasteiger partial charge in [0.15, 0.2) is 0 Å². The van der Waals surface area contributed by atoms with Crippen molar-refractivity contribution in [3.63, 3.8) is 0 Å². The van der Waals surface area contributed by atoms with E-state index in [1.54, 1.807) is 0 Å². The van der Waals surface area contributed by atoms with Crippen molar-refractivity contribution in [3.8, 4) is 0 Å². The molecule has 1 aliphatic heterocycles. The van der Waals surface area contributed by atoms with E-state index in [-0.39, 0.29) is 0 Å². The minimum atomic E-state index is 0.805. The molecule has 148 valence electrons. The van der Waals surface area contributed by atoms with Gasteiger partial charge in [0.2, 0.25) is 0 Å². The highest BCUT2D eigenvalue weighted by atomic mass is 35.5. The molecule has 0 spiro atoms. The molecule has 29 heavy (non-hydrogen) atoms. The van der Waals surface area contributed by atoms with Crippen molar-refractivity contribution >= 4 is 39.1 Å². The molecule has 1 fully saturated rings. The predicted molar refractivity (Wildman–Crippen MR) is 122 cm³/mol. The van der Waals surface area contributed by atoms with Crippen molar-refractivity contribution in [2.24, 2.45) is 7.05 Å². The molecule has 4 nitrogen and oxygen atoms in total. The molecule has 0 amide bonds. The first-order valence-electron chi connectivity index (χ1n) is 10.2. The van der Waals surface area contributed by atoms with E-state index in [2.05, 4.69) is 69.9 Å². The third-order valence-corrected chi connectivity index (χ3v) is 6.28. The fourth-order valence-electron chi connectivity index (χ4n) is 4.41. The van der Waals surface area contributed by atoms with Crippen molar-refractivity contribution in [1.82, 2.24) is 14.5 Å². The highest BCUT2D eigenvalue weighted by Crippen LogP contribution is 2.26. The minimum absolute atomic E-state index is 0.805. The summed E-state index contributed by atoms with van der Waals surface area (Å²) in [6.45, 7) is 5.25. The van der Waals surface area contributed by atoms with Crippen LogP contribution in [-0.2, 0) is 13.5 Å². The van der Waals surface area contributed by atoms with Gasteiger partial charge in [0, 0.05) is 62.3 Å². The maximum atomic E-state index is 6.15. The zero-order valence-electron chi connectivity index (χ0n) is 16.7. The standard InChI is InChI=1S/C24H25ClN4/c1-27-23(26-22-10-9-18-5-2-3-8-21(18)24(22)27)11-12-28-13-15-29(16-14-28)20-7-4-6-19(25)17-20/h2-10,17H,11-16H2,1H3. The minimum Gasteiger partial charge on any atom is -0.369 e. The molecule has 1 saturated heterocycles. The molecule has 3 aromatic carbocycles. The number of nitrogens with zero attached hydrogens (tertiary/aromatic N) is 4. The number of aryl methyl sites for hydroxylation is 1. The second-order valence-corrected chi connectivity index (χ2v) is 8.24. The Bertz CT molecular complexity index is 1160. The number of benzene rings is 3. The maximum absolute atomic E-state index is 6.15. The van der Waals surface area contributed by atoms with E-state index >= 15 is 0 Å². The van der Waals surface area contributed by atoms with E-state index in [4.69, 9.17) is 16.6 Å². The van der Waals surface area contributed by atoms with Gasteiger partial charge in [0.25, 0.3) is 0 Å². The second kappa shape index (κ2) is 7.69. The average Bonchev–Trinajstić information content (AvgIpc) is 3.09. The second-order valence-electron chi connectivity index (χ2n) is 7.80. The Kier molecular flexibility index (Phi) is 4.90. The average molecular weight is 405 g/mol. The van der Waals surface area contributed by atoms with Gasteiger partial charge in [-0.3, -0.25) is 4.90 Å². The van der Waals surface area contributed by atoms with E-state index in [1.807, 2.05) is 12.1 Å². The fraction of sp³-hybridized carbons (Fsp3) is 0.292. The van der Waals surface area contributed by atoms with E-state index in [0.717, 1.165) is 55.5 Å². The number of aromatic nitrogens is 2. The van der Waals surface area contributed by atoms with Gasteiger partial charge in [0.05, 0.1) is 11.0 Å². The Hall–Kier alpha value is -2.56. The number of piperazine rings is 1. The first-order valence-corrected chi connectivity index (χ1v) is 10.6. The van der Waals surface area contributed by atoms with Gasteiger partial charge in [0.1, 0.15) is 5.82 Å². The van der Waals surface area contributed by atoms with Gasteiger partial charge in [-0.1, -0.05) is 48.0 Å². The van der Waals surface area contributed by atoms with Crippen LogP contribution in [0.4, 0.5) is 5.69 Å². The predicted octanol–water partition coefficient (Wildman–Crippen LogP) is 4.74. The molecule has 2 heterocycles. The molecule has 0 N–H and O–H groups in total. The van der Waals surface area contributed by atoms with Gasteiger partial charge in [-0.25, -0.2) is 4.98 Å². The summed E-state index contributed by atoms with van der Waals surface area (Å²) < 4.78 is 2.28. The molecule has 0 radical (unpaired) electrons. The number of rotatable bonds is 4. The van der Waals surface area contributed by atoms with Crippen LogP contribution in [0.3, 0.4) is 0 Å². The van der Waals surface area contributed by atoms with E-state index in [1.165, 1.54) is 22.0 Å². The van der Waals surface area contributed by atoms with Gasteiger partial charge in [-0.15, -0.1) is 0 Å². The lowest BCUT2D eigenvalue weighted by Crippen LogP contribution is -2.47. The third kappa shape index (κ3) is 3.59.